The van der Waals surface area contributed by atoms with Gasteiger partial charge in [-0.25, -0.2) is 0 Å². The zero-order valence-electron chi connectivity index (χ0n) is 12.2. The molecule has 21 heavy (non-hydrogen) atoms. The van der Waals surface area contributed by atoms with Crippen LogP contribution in [-0.4, -0.2) is 36.7 Å². The highest BCUT2D eigenvalue weighted by Crippen LogP contribution is 2.39. The Hall–Kier alpha value is -1.11. The van der Waals surface area contributed by atoms with Crippen LogP contribution in [0.2, 0.25) is 0 Å². The maximum absolute atomic E-state index is 13.3. The molecule has 2 rings (SSSR count). The van der Waals surface area contributed by atoms with Gasteiger partial charge in [-0.1, -0.05) is 18.2 Å². The normalized spacial score (nSPS) is 24.5. The van der Waals surface area contributed by atoms with Crippen LogP contribution in [0.1, 0.15) is 31.0 Å². The van der Waals surface area contributed by atoms with Crippen molar-refractivity contribution in [2.45, 2.75) is 38.2 Å². The van der Waals surface area contributed by atoms with Gasteiger partial charge in [-0.3, -0.25) is 4.90 Å². The van der Waals surface area contributed by atoms with Crippen LogP contribution < -0.4 is 5.73 Å². The van der Waals surface area contributed by atoms with E-state index in [1.165, 1.54) is 12.1 Å². The van der Waals surface area contributed by atoms with Crippen LogP contribution in [0.4, 0.5) is 13.2 Å². The van der Waals surface area contributed by atoms with Crippen LogP contribution in [0.15, 0.2) is 24.3 Å². The van der Waals surface area contributed by atoms with Crippen molar-refractivity contribution >= 4 is 0 Å². The summed E-state index contributed by atoms with van der Waals surface area (Å²) in [6.07, 6.45) is -4.81. The summed E-state index contributed by atoms with van der Waals surface area (Å²) in [5, 5.41) is 0. The van der Waals surface area contributed by atoms with E-state index in [0.717, 1.165) is 6.07 Å². The number of nitrogens with zero attached hydrogens (tertiary/aromatic N) is 1. The number of hydrogen-bond donors (Lipinski definition) is 1. The third kappa shape index (κ3) is 3.39. The molecule has 1 saturated heterocycles. The third-order valence-corrected chi connectivity index (χ3v) is 3.87. The molecule has 1 aliphatic rings. The van der Waals surface area contributed by atoms with Gasteiger partial charge in [-0.2, -0.15) is 13.2 Å². The number of halogens is 3. The van der Waals surface area contributed by atoms with Gasteiger partial charge in [0.25, 0.3) is 0 Å². The third-order valence-electron chi connectivity index (χ3n) is 3.87. The molecule has 0 amide bonds. The molecule has 1 aliphatic heterocycles. The number of benzene rings is 1. The van der Waals surface area contributed by atoms with E-state index >= 15 is 0 Å². The Labute approximate surface area is 122 Å². The summed E-state index contributed by atoms with van der Waals surface area (Å²) in [6.45, 7) is 5.24. The number of nitrogens with two attached hydrogens (primary N) is 1. The summed E-state index contributed by atoms with van der Waals surface area (Å²) in [6, 6.07) is 5.34. The summed E-state index contributed by atoms with van der Waals surface area (Å²) in [5.74, 6) is 0. The lowest BCUT2D eigenvalue weighted by atomic mass is 9.92. The maximum Gasteiger partial charge on any atom is 0.416 e. The lowest BCUT2D eigenvalue weighted by molar-refractivity contribution is -0.141. The van der Waals surface area contributed by atoms with Crippen LogP contribution in [0.25, 0.3) is 0 Å². The second kappa shape index (κ2) is 6.34. The minimum atomic E-state index is -4.38. The van der Waals surface area contributed by atoms with Crippen molar-refractivity contribution in [2.75, 3.05) is 19.7 Å². The standard InChI is InChI=1S/C15H21F3N2O/c1-10(2)20-7-8-21-13(9-19)14(20)11-5-3-4-6-12(11)15(16,17)18/h3-6,10,13-14H,7-9,19H2,1-2H3. The van der Waals surface area contributed by atoms with Crippen LogP contribution >= 0.6 is 0 Å². The quantitative estimate of drug-likeness (QED) is 0.933. The number of rotatable bonds is 3. The van der Waals surface area contributed by atoms with Gasteiger partial charge in [-0.15, -0.1) is 0 Å². The van der Waals surface area contributed by atoms with Crippen molar-refractivity contribution in [1.29, 1.82) is 0 Å². The molecular weight excluding hydrogens is 281 g/mol. The Morgan fingerprint density at radius 1 is 1.33 bits per heavy atom. The van der Waals surface area contributed by atoms with Gasteiger partial charge in [0, 0.05) is 19.1 Å². The highest BCUT2D eigenvalue weighted by Gasteiger charge is 2.41. The average Bonchev–Trinajstić information content (AvgIpc) is 2.45. The van der Waals surface area contributed by atoms with E-state index in [2.05, 4.69) is 0 Å². The first-order chi connectivity index (χ1) is 9.86. The number of ether oxygens (including phenoxy) is 1. The molecular formula is C15H21F3N2O. The molecule has 2 atom stereocenters. The summed E-state index contributed by atoms with van der Waals surface area (Å²) in [7, 11) is 0. The lowest BCUT2D eigenvalue weighted by Crippen LogP contribution is -2.51. The smallest absolute Gasteiger partial charge is 0.374 e. The monoisotopic (exact) mass is 302 g/mol. The average molecular weight is 302 g/mol. The minimum Gasteiger partial charge on any atom is -0.374 e. The molecule has 0 spiro atoms. The minimum absolute atomic E-state index is 0.120. The first-order valence-corrected chi connectivity index (χ1v) is 7.09. The zero-order chi connectivity index (χ0) is 15.6. The van der Waals surface area contributed by atoms with Crippen LogP contribution in [-0.2, 0) is 10.9 Å². The van der Waals surface area contributed by atoms with E-state index in [0.29, 0.717) is 13.2 Å². The van der Waals surface area contributed by atoms with E-state index in [9.17, 15) is 13.2 Å². The molecule has 2 unspecified atom stereocenters. The molecule has 1 aromatic carbocycles. The molecule has 1 aromatic rings. The fourth-order valence-electron chi connectivity index (χ4n) is 2.92. The molecule has 2 N–H and O–H groups in total. The van der Waals surface area contributed by atoms with E-state index in [4.69, 9.17) is 10.5 Å². The van der Waals surface area contributed by atoms with Gasteiger partial charge in [0.05, 0.1) is 24.3 Å². The Morgan fingerprint density at radius 3 is 2.57 bits per heavy atom. The van der Waals surface area contributed by atoms with Crippen molar-refractivity contribution in [2.24, 2.45) is 5.73 Å². The molecule has 0 radical (unpaired) electrons. The molecule has 3 nitrogen and oxygen atoms in total. The predicted octanol–water partition coefficient (Wildman–Crippen LogP) is 2.81. The number of morpholine rings is 1. The lowest BCUT2D eigenvalue weighted by Gasteiger charge is -2.44. The van der Waals surface area contributed by atoms with Crippen LogP contribution in [0.5, 0.6) is 0 Å². The van der Waals surface area contributed by atoms with E-state index in [-0.39, 0.29) is 18.2 Å². The predicted molar refractivity (Wildman–Crippen MR) is 74.8 cm³/mol. The van der Waals surface area contributed by atoms with Crippen molar-refractivity contribution in [3.05, 3.63) is 35.4 Å². The largest absolute Gasteiger partial charge is 0.416 e. The fourth-order valence-corrected chi connectivity index (χ4v) is 2.92. The molecule has 0 aromatic heterocycles. The van der Waals surface area contributed by atoms with Gasteiger partial charge in [-0.05, 0) is 25.5 Å². The number of alkyl halides is 3. The second-order valence-corrected chi connectivity index (χ2v) is 5.51. The fraction of sp³-hybridized carbons (Fsp3) is 0.600. The van der Waals surface area contributed by atoms with Crippen LogP contribution in [0, 0.1) is 0 Å². The van der Waals surface area contributed by atoms with Gasteiger partial charge >= 0.3 is 6.18 Å². The Morgan fingerprint density at radius 2 is 2.00 bits per heavy atom. The SMILES string of the molecule is CC(C)N1CCOC(CN)C1c1ccccc1C(F)(F)F. The Kier molecular flexibility index (Phi) is 4.91. The van der Waals surface area contributed by atoms with E-state index in [1.54, 1.807) is 6.07 Å². The van der Waals surface area contributed by atoms with Gasteiger partial charge in [0.2, 0.25) is 0 Å². The van der Waals surface area contributed by atoms with Crippen molar-refractivity contribution in [1.82, 2.24) is 4.90 Å². The first-order valence-electron chi connectivity index (χ1n) is 7.09. The second-order valence-electron chi connectivity index (χ2n) is 5.51. The van der Waals surface area contributed by atoms with E-state index < -0.39 is 23.9 Å². The molecule has 0 bridgehead atoms. The van der Waals surface area contributed by atoms with Crippen molar-refractivity contribution in [3.8, 4) is 0 Å². The number of hydrogen-bond acceptors (Lipinski definition) is 3. The van der Waals surface area contributed by atoms with Crippen molar-refractivity contribution < 1.29 is 17.9 Å². The van der Waals surface area contributed by atoms with Crippen molar-refractivity contribution in [3.63, 3.8) is 0 Å². The van der Waals surface area contributed by atoms with Gasteiger partial charge in [0.1, 0.15) is 0 Å². The van der Waals surface area contributed by atoms with Gasteiger partial charge in [0.15, 0.2) is 0 Å². The highest BCUT2D eigenvalue weighted by molar-refractivity contribution is 5.33. The summed E-state index contributed by atoms with van der Waals surface area (Å²) in [4.78, 5) is 2.03. The topological polar surface area (TPSA) is 38.5 Å². The molecule has 1 fully saturated rings. The molecule has 1 heterocycles. The van der Waals surface area contributed by atoms with Crippen LogP contribution in [0.3, 0.4) is 0 Å². The summed E-state index contributed by atoms with van der Waals surface area (Å²) < 4.78 is 45.4. The molecule has 0 aliphatic carbocycles. The molecule has 118 valence electrons. The summed E-state index contributed by atoms with van der Waals surface area (Å²) in [5.41, 5.74) is 5.36. The summed E-state index contributed by atoms with van der Waals surface area (Å²) >= 11 is 0. The molecule has 0 saturated carbocycles. The Bertz CT molecular complexity index is 476. The Balaban J connectivity index is 2.49. The van der Waals surface area contributed by atoms with E-state index in [1.807, 2.05) is 18.7 Å². The zero-order valence-corrected chi connectivity index (χ0v) is 12.2. The molecule has 6 heteroatoms. The first kappa shape index (κ1) is 16.3. The highest BCUT2D eigenvalue weighted by atomic mass is 19.4. The van der Waals surface area contributed by atoms with Gasteiger partial charge < -0.3 is 10.5 Å². The maximum atomic E-state index is 13.3.